The molecule has 0 amide bonds. The highest BCUT2D eigenvalue weighted by Gasteiger charge is 2.34. The summed E-state index contributed by atoms with van der Waals surface area (Å²) in [5, 5.41) is 10.1. The van der Waals surface area contributed by atoms with Crippen molar-refractivity contribution in [1.82, 2.24) is 19.4 Å². The predicted octanol–water partition coefficient (Wildman–Crippen LogP) is 4.82. The van der Waals surface area contributed by atoms with Gasteiger partial charge in [-0.25, -0.2) is 19.3 Å². The monoisotopic (exact) mass is 439 g/mol. The Kier molecular flexibility index (Phi) is 4.58. The van der Waals surface area contributed by atoms with Crippen LogP contribution in [0.5, 0.6) is 0 Å². The van der Waals surface area contributed by atoms with E-state index in [0.717, 1.165) is 29.6 Å². The van der Waals surface area contributed by atoms with E-state index >= 15 is 4.39 Å². The molecule has 6 rings (SSSR count). The van der Waals surface area contributed by atoms with Crippen LogP contribution in [0.2, 0.25) is 0 Å². The Hall–Kier alpha value is -3.84. The number of pyridine rings is 1. The number of hydrogen-bond acceptors (Lipinski definition) is 5. The van der Waals surface area contributed by atoms with Gasteiger partial charge in [-0.2, -0.15) is 0 Å². The fraction of sp³-hybridized carbons (Fsp3) is 0.192. The molecular formula is C26H22FN5O. The maximum Gasteiger partial charge on any atom is 0.158 e. The smallest absolute Gasteiger partial charge is 0.158 e. The highest BCUT2D eigenvalue weighted by molar-refractivity contribution is 5.92. The first-order chi connectivity index (χ1) is 16.1. The zero-order valence-electron chi connectivity index (χ0n) is 17.8. The topological polar surface area (TPSA) is 89.3 Å². The SMILES string of the molecule is Nc1nccn2c(C3CC(CO)C3)nc(-c3ccc4ccc(-c5ccccc5)nc4c3F)c12. The van der Waals surface area contributed by atoms with Crippen LogP contribution in [0.15, 0.2) is 67.0 Å². The van der Waals surface area contributed by atoms with Crippen LogP contribution >= 0.6 is 0 Å². The predicted molar refractivity (Wildman–Crippen MR) is 126 cm³/mol. The lowest BCUT2D eigenvalue weighted by Gasteiger charge is -2.32. The third-order valence-electron chi connectivity index (χ3n) is 6.59. The Morgan fingerprint density at radius 3 is 2.61 bits per heavy atom. The largest absolute Gasteiger partial charge is 0.396 e. The van der Waals surface area contributed by atoms with Crippen LogP contribution in [-0.2, 0) is 0 Å². The van der Waals surface area contributed by atoms with Gasteiger partial charge in [0, 0.05) is 41.4 Å². The lowest BCUT2D eigenvalue weighted by molar-refractivity contribution is 0.138. The van der Waals surface area contributed by atoms with E-state index < -0.39 is 5.82 Å². The maximum atomic E-state index is 15.9. The van der Waals surface area contributed by atoms with Crippen molar-refractivity contribution in [2.45, 2.75) is 18.8 Å². The van der Waals surface area contributed by atoms with Crippen LogP contribution in [0.25, 0.3) is 38.9 Å². The molecule has 1 aliphatic carbocycles. The zero-order chi connectivity index (χ0) is 22.5. The number of aromatic nitrogens is 4. The highest BCUT2D eigenvalue weighted by atomic mass is 19.1. The number of nitrogens with two attached hydrogens (primary N) is 1. The van der Waals surface area contributed by atoms with Crippen LogP contribution in [-0.4, -0.2) is 31.1 Å². The minimum Gasteiger partial charge on any atom is -0.396 e. The van der Waals surface area contributed by atoms with Gasteiger partial charge in [-0.3, -0.25) is 4.40 Å². The first kappa shape index (κ1) is 19.8. The first-order valence-corrected chi connectivity index (χ1v) is 11.0. The lowest BCUT2D eigenvalue weighted by atomic mass is 9.75. The van der Waals surface area contributed by atoms with Crippen molar-refractivity contribution < 1.29 is 9.50 Å². The molecule has 0 unspecified atom stereocenters. The minimum absolute atomic E-state index is 0.172. The van der Waals surface area contributed by atoms with Gasteiger partial charge >= 0.3 is 0 Å². The molecule has 1 saturated carbocycles. The fourth-order valence-electron chi connectivity index (χ4n) is 4.77. The molecule has 3 N–H and O–H groups in total. The van der Waals surface area contributed by atoms with E-state index in [1.807, 2.05) is 59.1 Å². The number of imidazole rings is 1. The number of aliphatic hydroxyl groups excluding tert-OH is 1. The summed E-state index contributed by atoms with van der Waals surface area (Å²) in [6.45, 7) is 0.172. The van der Waals surface area contributed by atoms with Gasteiger partial charge in [-0.05, 0) is 30.9 Å². The molecule has 7 heteroatoms. The molecule has 2 aromatic carbocycles. The Bertz CT molecular complexity index is 1490. The Labute approximate surface area is 189 Å². The molecule has 3 heterocycles. The minimum atomic E-state index is -0.429. The summed E-state index contributed by atoms with van der Waals surface area (Å²) in [6, 6.07) is 17.1. The number of halogens is 1. The number of benzene rings is 2. The molecule has 0 atom stereocenters. The summed E-state index contributed by atoms with van der Waals surface area (Å²) in [5.74, 6) is 1.17. The second-order valence-corrected chi connectivity index (χ2v) is 8.63. The second-order valence-electron chi connectivity index (χ2n) is 8.63. The molecule has 164 valence electrons. The summed E-state index contributed by atoms with van der Waals surface area (Å²) in [7, 11) is 0. The Morgan fingerprint density at radius 2 is 1.82 bits per heavy atom. The van der Waals surface area contributed by atoms with E-state index in [1.54, 1.807) is 12.3 Å². The molecule has 6 nitrogen and oxygen atoms in total. The van der Waals surface area contributed by atoms with Crippen LogP contribution in [0, 0.1) is 11.7 Å². The summed E-state index contributed by atoms with van der Waals surface area (Å²) in [6.07, 6.45) is 5.14. The quantitative estimate of drug-likeness (QED) is 0.419. The number of rotatable bonds is 4. The summed E-state index contributed by atoms with van der Waals surface area (Å²) in [4.78, 5) is 13.7. The van der Waals surface area contributed by atoms with E-state index in [4.69, 9.17) is 10.7 Å². The molecule has 0 bridgehead atoms. The average molecular weight is 439 g/mol. The maximum absolute atomic E-state index is 15.9. The third kappa shape index (κ3) is 3.15. The highest BCUT2D eigenvalue weighted by Crippen LogP contribution is 2.43. The molecule has 0 aliphatic heterocycles. The van der Waals surface area contributed by atoms with E-state index in [0.29, 0.717) is 33.8 Å². The normalized spacial score (nSPS) is 18.0. The van der Waals surface area contributed by atoms with Gasteiger partial charge in [-0.15, -0.1) is 0 Å². The zero-order valence-corrected chi connectivity index (χ0v) is 17.8. The fourth-order valence-corrected chi connectivity index (χ4v) is 4.77. The third-order valence-corrected chi connectivity index (χ3v) is 6.59. The van der Waals surface area contributed by atoms with E-state index in [1.165, 1.54) is 0 Å². The van der Waals surface area contributed by atoms with Crippen molar-refractivity contribution >= 4 is 22.2 Å². The summed E-state index contributed by atoms with van der Waals surface area (Å²) < 4.78 is 17.8. The van der Waals surface area contributed by atoms with Gasteiger partial charge in [0.25, 0.3) is 0 Å². The van der Waals surface area contributed by atoms with Gasteiger partial charge in [-0.1, -0.05) is 42.5 Å². The standard InChI is InChI=1S/C26H22FN5O/c27-21-19(8-6-17-7-9-20(30-22(17)21)16-4-2-1-3-5-16)23-24-25(28)29-10-11-32(24)26(31-23)18-12-15(13-18)14-33/h1-11,15,18,33H,12-14H2,(H2,28,29). The molecule has 1 fully saturated rings. The Morgan fingerprint density at radius 1 is 1.03 bits per heavy atom. The van der Waals surface area contributed by atoms with Gasteiger partial charge in [0.05, 0.1) is 5.69 Å². The average Bonchev–Trinajstić information content (AvgIpc) is 3.19. The van der Waals surface area contributed by atoms with Crippen LogP contribution < -0.4 is 5.73 Å². The van der Waals surface area contributed by atoms with Gasteiger partial charge in [0.15, 0.2) is 5.82 Å². The summed E-state index contributed by atoms with van der Waals surface area (Å²) in [5.41, 5.74) is 9.57. The van der Waals surface area contributed by atoms with E-state index in [9.17, 15) is 5.11 Å². The van der Waals surface area contributed by atoms with Crippen LogP contribution in [0.3, 0.4) is 0 Å². The first-order valence-electron chi connectivity index (χ1n) is 11.0. The molecule has 33 heavy (non-hydrogen) atoms. The number of aliphatic hydroxyl groups is 1. The van der Waals surface area contributed by atoms with Crippen molar-refractivity contribution in [3.8, 4) is 22.5 Å². The molecule has 0 saturated heterocycles. The number of nitrogen functional groups attached to an aromatic ring is 1. The van der Waals surface area contributed by atoms with Crippen LogP contribution in [0.4, 0.5) is 10.2 Å². The van der Waals surface area contributed by atoms with Gasteiger partial charge in [0.1, 0.15) is 28.4 Å². The van der Waals surface area contributed by atoms with Crippen LogP contribution in [0.1, 0.15) is 24.6 Å². The van der Waals surface area contributed by atoms with Crippen molar-refractivity contribution in [2.75, 3.05) is 12.3 Å². The molecule has 5 aromatic rings. The van der Waals surface area contributed by atoms with Crippen molar-refractivity contribution in [2.24, 2.45) is 5.92 Å². The van der Waals surface area contributed by atoms with Gasteiger partial charge in [0.2, 0.25) is 0 Å². The number of nitrogens with zero attached hydrogens (tertiary/aromatic N) is 4. The van der Waals surface area contributed by atoms with Crippen molar-refractivity contribution in [3.05, 3.63) is 78.6 Å². The number of fused-ring (bicyclic) bond motifs is 2. The summed E-state index contributed by atoms with van der Waals surface area (Å²) >= 11 is 0. The molecule has 0 spiro atoms. The van der Waals surface area contributed by atoms with E-state index in [2.05, 4.69) is 9.97 Å². The van der Waals surface area contributed by atoms with E-state index in [-0.39, 0.29) is 18.4 Å². The van der Waals surface area contributed by atoms with Crippen molar-refractivity contribution in [3.63, 3.8) is 0 Å². The molecule has 1 aliphatic rings. The van der Waals surface area contributed by atoms with Gasteiger partial charge < -0.3 is 10.8 Å². The number of hydrogen-bond donors (Lipinski definition) is 2. The second kappa shape index (κ2) is 7.64. The Balaban J connectivity index is 1.53. The van der Waals surface area contributed by atoms with Crippen molar-refractivity contribution in [1.29, 1.82) is 0 Å². The number of anilines is 1. The molecule has 3 aromatic heterocycles. The lowest BCUT2D eigenvalue weighted by Crippen LogP contribution is -2.26. The molecular weight excluding hydrogens is 417 g/mol. The molecule has 0 radical (unpaired) electrons.